The molecule has 0 atom stereocenters. The van der Waals surface area contributed by atoms with Crippen LogP contribution in [0.5, 0.6) is 0 Å². The molecule has 0 aliphatic carbocycles. The van der Waals surface area contributed by atoms with Gasteiger partial charge in [0, 0.05) is 28.0 Å². The molecule has 0 bridgehead atoms. The Kier molecular flexibility index (Phi) is 3.89. The van der Waals surface area contributed by atoms with Gasteiger partial charge in [0.2, 0.25) is 0 Å². The van der Waals surface area contributed by atoms with Gasteiger partial charge in [0.05, 0.1) is 0 Å². The molecule has 3 rings (SSSR count). The molecule has 2 aromatic carbocycles. The van der Waals surface area contributed by atoms with Crippen LogP contribution >= 0.6 is 27.5 Å². The molecule has 0 amide bonds. The smallest absolute Gasteiger partial charge is 0.0440 e. The van der Waals surface area contributed by atoms with Crippen LogP contribution in [0, 0.1) is 6.92 Å². The maximum absolute atomic E-state index is 6.41. The Morgan fingerprint density at radius 3 is 2.60 bits per heavy atom. The van der Waals surface area contributed by atoms with E-state index in [2.05, 4.69) is 70.6 Å². The van der Waals surface area contributed by atoms with Crippen molar-refractivity contribution in [3.05, 3.63) is 68.7 Å². The zero-order valence-electron chi connectivity index (χ0n) is 11.4. The number of halogens is 2. The molecule has 0 spiro atoms. The summed E-state index contributed by atoms with van der Waals surface area (Å²) in [5.41, 5.74) is 3.99. The van der Waals surface area contributed by atoms with Crippen molar-refractivity contribution in [3.63, 3.8) is 0 Å². The minimum Gasteiger partial charge on any atom is -0.315 e. The van der Waals surface area contributed by atoms with Crippen molar-refractivity contribution in [3.8, 4) is 0 Å². The van der Waals surface area contributed by atoms with Crippen molar-refractivity contribution >= 4 is 27.5 Å². The molecule has 104 valence electrons. The molecule has 1 aliphatic heterocycles. The van der Waals surface area contributed by atoms with Crippen LogP contribution in [-0.2, 0) is 11.8 Å². The summed E-state index contributed by atoms with van der Waals surface area (Å²) in [6.07, 6.45) is 0.982. The molecule has 1 aliphatic rings. The zero-order chi connectivity index (χ0) is 14.2. The van der Waals surface area contributed by atoms with Gasteiger partial charge in [-0.05, 0) is 48.2 Å². The minimum atomic E-state index is 0.169. The minimum absolute atomic E-state index is 0.169. The van der Waals surface area contributed by atoms with E-state index in [-0.39, 0.29) is 5.41 Å². The van der Waals surface area contributed by atoms with Gasteiger partial charge in [0.15, 0.2) is 0 Å². The van der Waals surface area contributed by atoms with Crippen LogP contribution in [0.1, 0.15) is 16.7 Å². The third-order valence-electron chi connectivity index (χ3n) is 4.10. The van der Waals surface area contributed by atoms with Crippen LogP contribution in [0.3, 0.4) is 0 Å². The van der Waals surface area contributed by atoms with Crippen LogP contribution in [0.25, 0.3) is 0 Å². The lowest BCUT2D eigenvalue weighted by Gasteiger charge is -2.44. The fourth-order valence-corrected chi connectivity index (χ4v) is 3.54. The molecule has 0 unspecified atom stereocenters. The van der Waals surface area contributed by atoms with Gasteiger partial charge in [-0.1, -0.05) is 51.8 Å². The highest BCUT2D eigenvalue weighted by molar-refractivity contribution is 9.10. The number of hydrogen-bond donors (Lipinski definition) is 1. The average Bonchev–Trinajstić information content (AvgIpc) is 2.36. The van der Waals surface area contributed by atoms with Crippen LogP contribution in [0.4, 0.5) is 0 Å². The Morgan fingerprint density at radius 1 is 1.20 bits per heavy atom. The third-order valence-corrected chi connectivity index (χ3v) is 4.95. The maximum Gasteiger partial charge on any atom is 0.0440 e. The van der Waals surface area contributed by atoms with Crippen LogP contribution in [0.15, 0.2) is 46.9 Å². The first kappa shape index (κ1) is 14.1. The van der Waals surface area contributed by atoms with E-state index < -0.39 is 0 Å². The average molecular weight is 351 g/mol. The largest absolute Gasteiger partial charge is 0.315 e. The summed E-state index contributed by atoms with van der Waals surface area (Å²) in [7, 11) is 0. The second-order valence-electron chi connectivity index (χ2n) is 5.67. The molecule has 1 saturated heterocycles. The van der Waals surface area contributed by atoms with E-state index in [4.69, 9.17) is 11.6 Å². The standard InChI is InChI=1S/C17H17BrClN/c1-12-5-6-13(16(19)7-12)9-17(10-20-11-17)14-3-2-4-15(18)8-14/h2-8,20H,9-11H2,1H3. The molecule has 1 N–H and O–H groups in total. The lowest BCUT2D eigenvalue weighted by molar-refractivity contribution is 0.274. The lowest BCUT2D eigenvalue weighted by atomic mass is 9.71. The normalized spacial score (nSPS) is 16.8. The lowest BCUT2D eigenvalue weighted by Crippen LogP contribution is -2.58. The van der Waals surface area contributed by atoms with E-state index >= 15 is 0 Å². The van der Waals surface area contributed by atoms with Gasteiger partial charge in [0.1, 0.15) is 0 Å². The van der Waals surface area contributed by atoms with E-state index in [1.165, 1.54) is 16.7 Å². The molecular formula is C17H17BrClN. The molecule has 1 heterocycles. The second kappa shape index (κ2) is 5.51. The van der Waals surface area contributed by atoms with Gasteiger partial charge in [-0.2, -0.15) is 0 Å². The zero-order valence-corrected chi connectivity index (χ0v) is 13.8. The first-order chi connectivity index (χ1) is 9.59. The predicted molar refractivity (Wildman–Crippen MR) is 88.6 cm³/mol. The van der Waals surface area contributed by atoms with Crippen LogP contribution in [-0.4, -0.2) is 13.1 Å². The Morgan fingerprint density at radius 2 is 2.00 bits per heavy atom. The monoisotopic (exact) mass is 349 g/mol. The summed E-state index contributed by atoms with van der Waals surface area (Å²) >= 11 is 9.98. The van der Waals surface area contributed by atoms with E-state index in [0.717, 1.165) is 29.0 Å². The summed E-state index contributed by atoms with van der Waals surface area (Å²) in [6, 6.07) is 15.0. The van der Waals surface area contributed by atoms with Gasteiger partial charge in [-0.3, -0.25) is 0 Å². The topological polar surface area (TPSA) is 12.0 Å². The highest BCUT2D eigenvalue weighted by Gasteiger charge is 2.39. The predicted octanol–water partition coefficient (Wildman–Crippen LogP) is 4.49. The van der Waals surface area contributed by atoms with Crippen molar-refractivity contribution in [2.75, 3.05) is 13.1 Å². The van der Waals surface area contributed by atoms with E-state index in [1.54, 1.807) is 0 Å². The number of rotatable bonds is 3. The number of hydrogen-bond acceptors (Lipinski definition) is 1. The Balaban J connectivity index is 1.94. The van der Waals surface area contributed by atoms with E-state index in [0.29, 0.717) is 0 Å². The second-order valence-corrected chi connectivity index (χ2v) is 6.99. The van der Waals surface area contributed by atoms with Crippen LogP contribution in [0.2, 0.25) is 5.02 Å². The van der Waals surface area contributed by atoms with Gasteiger partial charge < -0.3 is 5.32 Å². The summed E-state index contributed by atoms with van der Waals surface area (Å²) in [4.78, 5) is 0. The summed E-state index contributed by atoms with van der Waals surface area (Å²) in [6.45, 7) is 4.09. The molecule has 20 heavy (non-hydrogen) atoms. The molecule has 0 saturated carbocycles. The first-order valence-electron chi connectivity index (χ1n) is 6.81. The number of aryl methyl sites for hydroxylation is 1. The summed E-state index contributed by atoms with van der Waals surface area (Å²) < 4.78 is 1.14. The summed E-state index contributed by atoms with van der Waals surface area (Å²) in [5.74, 6) is 0. The third kappa shape index (κ3) is 2.65. The van der Waals surface area contributed by atoms with E-state index in [1.807, 2.05) is 0 Å². The summed E-state index contributed by atoms with van der Waals surface area (Å²) in [5, 5.41) is 4.29. The Labute approximate surface area is 133 Å². The SMILES string of the molecule is Cc1ccc(CC2(c3cccc(Br)c3)CNC2)c(Cl)c1. The molecule has 0 radical (unpaired) electrons. The van der Waals surface area contributed by atoms with Crippen molar-refractivity contribution in [2.45, 2.75) is 18.8 Å². The molecular weight excluding hydrogens is 334 g/mol. The Hall–Kier alpha value is -0.830. The highest BCUT2D eigenvalue weighted by Crippen LogP contribution is 2.35. The van der Waals surface area contributed by atoms with Crippen molar-refractivity contribution in [1.82, 2.24) is 5.32 Å². The van der Waals surface area contributed by atoms with Gasteiger partial charge in [-0.15, -0.1) is 0 Å². The van der Waals surface area contributed by atoms with Gasteiger partial charge in [0.25, 0.3) is 0 Å². The van der Waals surface area contributed by atoms with Gasteiger partial charge >= 0.3 is 0 Å². The first-order valence-corrected chi connectivity index (χ1v) is 7.98. The number of benzene rings is 2. The van der Waals surface area contributed by atoms with Crippen molar-refractivity contribution < 1.29 is 0 Å². The fraction of sp³-hybridized carbons (Fsp3) is 0.294. The molecule has 2 aromatic rings. The molecule has 0 aromatic heterocycles. The van der Waals surface area contributed by atoms with Crippen LogP contribution < -0.4 is 5.32 Å². The van der Waals surface area contributed by atoms with Gasteiger partial charge in [-0.25, -0.2) is 0 Å². The Bertz CT molecular complexity index is 635. The molecule has 1 nitrogen and oxygen atoms in total. The quantitative estimate of drug-likeness (QED) is 0.859. The fourth-order valence-electron chi connectivity index (χ4n) is 2.84. The van der Waals surface area contributed by atoms with Crippen molar-refractivity contribution in [1.29, 1.82) is 0 Å². The van der Waals surface area contributed by atoms with E-state index in [9.17, 15) is 0 Å². The highest BCUT2D eigenvalue weighted by atomic mass is 79.9. The molecule has 3 heteroatoms. The molecule has 1 fully saturated rings. The van der Waals surface area contributed by atoms with Crippen molar-refractivity contribution in [2.24, 2.45) is 0 Å². The number of nitrogens with one attached hydrogen (secondary N) is 1. The maximum atomic E-state index is 6.41.